The van der Waals surface area contributed by atoms with Gasteiger partial charge in [0.05, 0.1) is 0 Å². The zero-order valence-corrected chi connectivity index (χ0v) is 53.5. The first kappa shape index (κ1) is 77.5. The Balaban J connectivity index is 4.18. The van der Waals surface area contributed by atoms with E-state index in [9.17, 15) is 14.4 Å². The van der Waals surface area contributed by atoms with Crippen LogP contribution in [0.25, 0.3) is 0 Å². The van der Waals surface area contributed by atoms with Crippen molar-refractivity contribution in [1.29, 1.82) is 0 Å². The van der Waals surface area contributed by atoms with E-state index in [0.717, 1.165) is 135 Å². The maximum atomic E-state index is 12.9. The second-order valence-corrected chi connectivity index (χ2v) is 22.3. The Kier molecular flexibility index (Phi) is 65.3. The zero-order chi connectivity index (χ0) is 59.2. The summed E-state index contributed by atoms with van der Waals surface area (Å²) in [6.45, 7) is 6.34. The van der Waals surface area contributed by atoms with Crippen molar-refractivity contribution in [3.63, 3.8) is 0 Å². The number of carbonyl (C=O) groups is 3. The van der Waals surface area contributed by atoms with Crippen LogP contribution in [0.15, 0.2) is 134 Å². The van der Waals surface area contributed by atoms with Gasteiger partial charge in [0.1, 0.15) is 13.2 Å². The molecule has 0 rings (SSSR count). The molecule has 0 heterocycles. The first-order chi connectivity index (χ1) is 40.5. The molecule has 0 aromatic rings. The molecule has 82 heavy (non-hydrogen) atoms. The summed E-state index contributed by atoms with van der Waals surface area (Å²) in [7, 11) is 0. The van der Waals surface area contributed by atoms with Crippen LogP contribution in [0.4, 0.5) is 0 Å². The van der Waals surface area contributed by atoms with E-state index in [2.05, 4.69) is 154 Å². The van der Waals surface area contributed by atoms with Crippen molar-refractivity contribution in [3.8, 4) is 0 Å². The number of ether oxygens (including phenoxy) is 3. The molecule has 0 saturated carbocycles. The number of carbonyl (C=O) groups excluding carboxylic acids is 3. The van der Waals surface area contributed by atoms with Gasteiger partial charge in [-0.15, -0.1) is 0 Å². The Morgan fingerprint density at radius 3 is 0.768 bits per heavy atom. The smallest absolute Gasteiger partial charge is 0.306 e. The minimum atomic E-state index is -0.808. The molecule has 0 N–H and O–H groups in total. The largest absolute Gasteiger partial charge is 0.462 e. The third-order valence-electron chi connectivity index (χ3n) is 14.4. The molecule has 0 amide bonds. The van der Waals surface area contributed by atoms with Crippen LogP contribution in [0.5, 0.6) is 0 Å². The predicted octanol–water partition coefficient (Wildman–Crippen LogP) is 23.7. The molecule has 1 atom stereocenters. The van der Waals surface area contributed by atoms with Gasteiger partial charge in [-0.05, 0) is 128 Å². The van der Waals surface area contributed by atoms with Crippen molar-refractivity contribution in [2.45, 2.75) is 316 Å². The lowest BCUT2D eigenvalue weighted by molar-refractivity contribution is -0.167. The van der Waals surface area contributed by atoms with E-state index in [4.69, 9.17) is 14.2 Å². The summed E-state index contributed by atoms with van der Waals surface area (Å²) in [4.78, 5) is 38.3. The summed E-state index contributed by atoms with van der Waals surface area (Å²) in [5.74, 6) is -0.950. The Bertz CT molecular complexity index is 1730. The molecule has 0 bridgehead atoms. The molecule has 0 spiro atoms. The van der Waals surface area contributed by atoms with Gasteiger partial charge in [-0.25, -0.2) is 0 Å². The molecule has 0 radical (unpaired) electrons. The molecular formula is C76H126O6. The SMILES string of the molecule is CC/C=C\C/C=C\C/C=C\C/C=C\C/C=C\CCCCCCCCCCCCCCCCCCCCCC(=O)OCC(COC(=O)CCCCCCC/C=C\C/C=C\CCCC)OC(=O)CCCC/C=C\C/C=C\C/C=C\C/C=C\CC. The van der Waals surface area contributed by atoms with Gasteiger partial charge in [-0.3, -0.25) is 14.4 Å². The number of unbranched alkanes of at least 4 members (excludes halogenated alkanes) is 28. The first-order valence-corrected chi connectivity index (χ1v) is 34.2. The molecule has 6 heteroatoms. The van der Waals surface area contributed by atoms with E-state index in [1.807, 2.05) is 0 Å². The molecule has 0 aromatic carbocycles. The minimum Gasteiger partial charge on any atom is -0.462 e. The summed E-state index contributed by atoms with van der Waals surface area (Å²) < 4.78 is 16.9. The van der Waals surface area contributed by atoms with E-state index in [0.29, 0.717) is 19.3 Å². The third kappa shape index (κ3) is 66.4. The lowest BCUT2D eigenvalue weighted by Gasteiger charge is -2.18. The fraction of sp³-hybridized carbons (Fsp3) is 0.671. The highest BCUT2D eigenvalue weighted by Gasteiger charge is 2.19. The second-order valence-electron chi connectivity index (χ2n) is 22.3. The van der Waals surface area contributed by atoms with E-state index >= 15 is 0 Å². The lowest BCUT2D eigenvalue weighted by Crippen LogP contribution is -2.30. The van der Waals surface area contributed by atoms with E-state index in [1.54, 1.807) is 0 Å². The molecule has 0 aliphatic heterocycles. The highest BCUT2D eigenvalue weighted by atomic mass is 16.6. The van der Waals surface area contributed by atoms with Crippen molar-refractivity contribution in [2.75, 3.05) is 13.2 Å². The van der Waals surface area contributed by atoms with E-state index < -0.39 is 6.10 Å². The second kappa shape index (κ2) is 69.0. The maximum Gasteiger partial charge on any atom is 0.306 e. The Morgan fingerprint density at radius 1 is 0.256 bits per heavy atom. The number of rotatable bonds is 61. The monoisotopic (exact) mass is 1130 g/mol. The van der Waals surface area contributed by atoms with Crippen molar-refractivity contribution in [2.24, 2.45) is 0 Å². The lowest BCUT2D eigenvalue weighted by atomic mass is 10.0. The van der Waals surface area contributed by atoms with Crippen LogP contribution in [0.1, 0.15) is 310 Å². The van der Waals surface area contributed by atoms with Crippen LogP contribution in [-0.2, 0) is 28.6 Å². The predicted molar refractivity (Wildman–Crippen MR) is 357 cm³/mol. The van der Waals surface area contributed by atoms with Crippen LogP contribution in [0, 0.1) is 0 Å². The molecular weight excluding hydrogens is 1010 g/mol. The van der Waals surface area contributed by atoms with Gasteiger partial charge in [-0.1, -0.05) is 296 Å². The molecule has 0 fully saturated rings. The normalized spacial score (nSPS) is 13.0. The first-order valence-electron chi connectivity index (χ1n) is 34.2. The minimum absolute atomic E-state index is 0.0995. The van der Waals surface area contributed by atoms with Gasteiger partial charge in [0.2, 0.25) is 0 Å². The number of hydrogen-bond donors (Lipinski definition) is 0. The maximum absolute atomic E-state index is 12.9. The Labute approximate surface area is 506 Å². The van der Waals surface area contributed by atoms with Gasteiger partial charge in [0, 0.05) is 19.3 Å². The van der Waals surface area contributed by atoms with Crippen LogP contribution < -0.4 is 0 Å². The van der Waals surface area contributed by atoms with Gasteiger partial charge in [0.15, 0.2) is 6.10 Å². The Hall–Kier alpha value is -4.45. The topological polar surface area (TPSA) is 78.9 Å². The Morgan fingerprint density at radius 2 is 0.476 bits per heavy atom. The zero-order valence-electron chi connectivity index (χ0n) is 53.5. The van der Waals surface area contributed by atoms with Gasteiger partial charge < -0.3 is 14.2 Å². The number of hydrogen-bond acceptors (Lipinski definition) is 6. The van der Waals surface area contributed by atoms with Crippen LogP contribution in [-0.4, -0.2) is 37.2 Å². The summed E-state index contributed by atoms with van der Waals surface area (Å²) in [5, 5.41) is 0. The molecule has 0 saturated heterocycles. The summed E-state index contributed by atoms with van der Waals surface area (Å²) in [6, 6.07) is 0. The van der Waals surface area contributed by atoms with Crippen LogP contribution in [0.2, 0.25) is 0 Å². The fourth-order valence-electron chi connectivity index (χ4n) is 9.30. The van der Waals surface area contributed by atoms with Crippen LogP contribution >= 0.6 is 0 Å². The number of esters is 3. The van der Waals surface area contributed by atoms with Crippen LogP contribution in [0.3, 0.4) is 0 Å². The molecule has 466 valence electrons. The highest BCUT2D eigenvalue weighted by Crippen LogP contribution is 2.17. The van der Waals surface area contributed by atoms with Gasteiger partial charge in [0.25, 0.3) is 0 Å². The van der Waals surface area contributed by atoms with Gasteiger partial charge in [-0.2, -0.15) is 0 Å². The molecule has 6 nitrogen and oxygen atoms in total. The average Bonchev–Trinajstić information content (AvgIpc) is 3.48. The van der Waals surface area contributed by atoms with Crippen molar-refractivity contribution >= 4 is 17.9 Å². The standard InChI is InChI=1S/C76H126O6/c1-4-7-10-13-16-19-22-25-28-29-30-31-32-33-34-35-36-37-38-39-40-41-42-43-44-45-46-47-49-51-54-57-60-63-66-69-75(78)81-72-73(71-80-74(77)68-65-62-59-56-53-50-27-24-21-18-15-12-9-6-3)82-76(79)70-67-64-61-58-55-52-48-26-23-20-17-14-11-8-5-2/h7-8,10-11,15-20,24-28,30-31,33-34,48,55,58,73H,4-6,9,12-14,21-23,29,32,35-47,49-54,56-57,59-72H2,1-3H3/b10-7-,11-8-,18-15-,19-16-,20-17-,27-24-,28-25-,31-30-,34-33-,48-26-,58-55-. The molecule has 0 aliphatic rings. The fourth-order valence-corrected chi connectivity index (χ4v) is 9.30. The third-order valence-corrected chi connectivity index (χ3v) is 14.4. The summed E-state index contributed by atoms with van der Waals surface area (Å²) in [6.07, 6.45) is 97.8. The van der Waals surface area contributed by atoms with Crippen molar-refractivity contribution < 1.29 is 28.6 Å². The molecule has 0 aliphatic carbocycles. The van der Waals surface area contributed by atoms with Gasteiger partial charge >= 0.3 is 17.9 Å². The summed E-state index contributed by atoms with van der Waals surface area (Å²) >= 11 is 0. The summed E-state index contributed by atoms with van der Waals surface area (Å²) in [5.41, 5.74) is 0. The highest BCUT2D eigenvalue weighted by molar-refractivity contribution is 5.71. The number of allylic oxidation sites excluding steroid dienone is 22. The van der Waals surface area contributed by atoms with Crippen molar-refractivity contribution in [1.82, 2.24) is 0 Å². The quantitative estimate of drug-likeness (QED) is 0.0261. The molecule has 0 aromatic heterocycles. The molecule has 1 unspecified atom stereocenters. The average molecular weight is 1140 g/mol. The van der Waals surface area contributed by atoms with Crippen molar-refractivity contribution in [3.05, 3.63) is 134 Å². The van der Waals surface area contributed by atoms with E-state index in [1.165, 1.54) is 128 Å². The van der Waals surface area contributed by atoms with E-state index in [-0.39, 0.29) is 37.5 Å².